The van der Waals surface area contributed by atoms with Crippen molar-refractivity contribution in [3.63, 3.8) is 0 Å². The summed E-state index contributed by atoms with van der Waals surface area (Å²) in [4.78, 5) is 71.1. The number of carbonyl (C=O) groups is 2. The van der Waals surface area contributed by atoms with Gasteiger partial charge in [0.15, 0.2) is 23.2 Å². The second kappa shape index (κ2) is 21.5. The number of aromatic amines is 1. The van der Waals surface area contributed by atoms with Crippen molar-refractivity contribution in [2.24, 2.45) is 5.92 Å². The zero-order valence-electron chi connectivity index (χ0n) is 40.4. The Morgan fingerprint density at radius 2 is 1.39 bits per heavy atom. The molecule has 4 aromatic carbocycles. The number of nitrogens with zero attached hydrogens (tertiary/aromatic N) is 8. The largest absolute Gasteiger partial charge is 0.394 e. The molecular weight excluding hydrogens is 940 g/mol. The number of Topliss-reactive ketones (excluding diaryl/α,β-unsaturated/α-hetero) is 1. The van der Waals surface area contributed by atoms with E-state index in [2.05, 4.69) is 66.6 Å². The first-order valence-electron chi connectivity index (χ1n) is 23.7. The molecule has 2 fully saturated rings. The van der Waals surface area contributed by atoms with Crippen LogP contribution in [0.1, 0.15) is 59.0 Å². The molecule has 0 radical (unpaired) electrons. The average molecular weight is 997 g/mol. The SMILES string of the molecule is CC(C)C(=O)Nc1nc2c(ncn2C2CN(P(=O)(OCC3CN(C(c4ccccc4)(c4ccccc4)c4ccccc4)CC(n4ccc(CC(=O)c5ccccc5)nc4=O)O3)N(C)C)CC(CO)O2)c(=O)[nH]1. The van der Waals surface area contributed by atoms with Gasteiger partial charge in [0.1, 0.15) is 6.23 Å². The quantitative estimate of drug-likeness (QED) is 0.0586. The summed E-state index contributed by atoms with van der Waals surface area (Å²) in [5, 5.41) is 13.2. The van der Waals surface area contributed by atoms with Crippen molar-refractivity contribution in [3.05, 3.63) is 189 Å². The number of morpholine rings is 2. The van der Waals surface area contributed by atoms with Crippen molar-refractivity contribution in [1.82, 2.24) is 43.3 Å². The highest BCUT2D eigenvalue weighted by Crippen LogP contribution is 2.55. The van der Waals surface area contributed by atoms with Crippen LogP contribution in [0.4, 0.5) is 5.95 Å². The maximum absolute atomic E-state index is 15.6. The Morgan fingerprint density at radius 1 is 0.806 bits per heavy atom. The number of amides is 1. The van der Waals surface area contributed by atoms with Crippen LogP contribution < -0.4 is 16.6 Å². The summed E-state index contributed by atoms with van der Waals surface area (Å²) in [5.41, 5.74) is 1.61. The van der Waals surface area contributed by atoms with Gasteiger partial charge in [-0.05, 0) is 36.9 Å². The van der Waals surface area contributed by atoms with Gasteiger partial charge in [0, 0.05) is 37.3 Å². The maximum Gasteiger partial charge on any atom is 0.349 e. The molecule has 1 amide bonds. The maximum atomic E-state index is 15.6. The summed E-state index contributed by atoms with van der Waals surface area (Å²) in [5.74, 6) is -1.00. The third-order valence-electron chi connectivity index (χ3n) is 13.0. The molecule has 20 heteroatoms. The van der Waals surface area contributed by atoms with Gasteiger partial charge in [-0.2, -0.15) is 9.97 Å². The van der Waals surface area contributed by atoms with Crippen LogP contribution in [0.2, 0.25) is 0 Å². The number of anilines is 1. The molecule has 0 spiro atoms. The van der Waals surface area contributed by atoms with E-state index in [1.54, 1.807) is 69.1 Å². The first-order valence-corrected chi connectivity index (χ1v) is 25.3. The molecule has 5 atom stereocenters. The van der Waals surface area contributed by atoms with Gasteiger partial charge in [-0.15, -0.1) is 0 Å². The van der Waals surface area contributed by atoms with Gasteiger partial charge in [0.2, 0.25) is 11.9 Å². The Balaban J connectivity index is 1.07. The number of carbonyl (C=O) groups excluding carboxylic acids is 2. The fourth-order valence-electron chi connectivity index (χ4n) is 9.42. The predicted molar refractivity (Wildman–Crippen MR) is 269 cm³/mol. The van der Waals surface area contributed by atoms with E-state index in [1.165, 1.54) is 20.1 Å². The van der Waals surface area contributed by atoms with Crippen LogP contribution in [0.15, 0.2) is 150 Å². The third-order valence-corrected chi connectivity index (χ3v) is 15.5. The molecule has 7 aromatic rings. The van der Waals surface area contributed by atoms with E-state index in [1.807, 2.05) is 60.7 Å². The van der Waals surface area contributed by atoms with Crippen LogP contribution in [0.25, 0.3) is 11.2 Å². The Bertz CT molecular complexity index is 3080. The number of hydrogen-bond donors (Lipinski definition) is 3. The molecule has 2 aliphatic heterocycles. The number of nitrogens with one attached hydrogen (secondary N) is 2. The minimum absolute atomic E-state index is 0.00160. The summed E-state index contributed by atoms with van der Waals surface area (Å²) in [6.07, 6.45) is -0.708. The van der Waals surface area contributed by atoms with Crippen molar-refractivity contribution >= 4 is 36.5 Å². The Hall–Kier alpha value is -6.80. The van der Waals surface area contributed by atoms with Crippen molar-refractivity contribution < 1.29 is 33.3 Å². The topological polar surface area (TPSA) is 219 Å². The number of ether oxygens (including phenoxy) is 2. The lowest BCUT2D eigenvalue weighted by atomic mass is 9.75. The van der Waals surface area contributed by atoms with E-state index < -0.39 is 61.6 Å². The van der Waals surface area contributed by atoms with Crippen LogP contribution in [0.3, 0.4) is 0 Å². The molecule has 2 saturated heterocycles. The summed E-state index contributed by atoms with van der Waals surface area (Å²) in [6.45, 7) is 3.11. The molecule has 3 N–H and O–H groups in total. The lowest BCUT2D eigenvalue weighted by Gasteiger charge is -2.51. The van der Waals surface area contributed by atoms with E-state index in [0.717, 1.165) is 16.7 Å². The minimum atomic E-state index is -4.03. The molecule has 374 valence electrons. The number of benzene rings is 4. The molecule has 0 aliphatic carbocycles. The molecule has 5 unspecified atom stereocenters. The predicted octanol–water partition coefficient (Wildman–Crippen LogP) is 5.47. The molecule has 72 heavy (non-hydrogen) atoms. The second-order valence-electron chi connectivity index (χ2n) is 18.3. The Morgan fingerprint density at radius 3 is 1.96 bits per heavy atom. The second-order valence-corrected chi connectivity index (χ2v) is 20.9. The van der Waals surface area contributed by atoms with E-state index in [-0.39, 0.29) is 68.0 Å². The van der Waals surface area contributed by atoms with Gasteiger partial charge < -0.3 is 19.1 Å². The third kappa shape index (κ3) is 10.2. The zero-order valence-corrected chi connectivity index (χ0v) is 41.2. The number of H-pyrrole nitrogens is 1. The highest BCUT2D eigenvalue weighted by molar-refractivity contribution is 7.53. The summed E-state index contributed by atoms with van der Waals surface area (Å²) < 4.78 is 41.4. The van der Waals surface area contributed by atoms with Crippen LogP contribution in [0, 0.1) is 5.92 Å². The van der Waals surface area contributed by atoms with Crippen molar-refractivity contribution in [3.8, 4) is 0 Å². The van der Waals surface area contributed by atoms with E-state index in [9.17, 15) is 24.3 Å². The number of aliphatic hydroxyl groups is 1. The fourth-order valence-corrected chi connectivity index (χ4v) is 11.4. The van der Waals surface area contributed by atoms with Gasteiger partial charge in [0.25, 0.3) is 5.56 Å². The number of fused-ring (bicyclic) bond motifs is 1. The summed E-state index contributed by atoms with van der Waals surface area (Å²) in [6, 6.07) is 40.8. The van der Waals surface area contributed by atoms with Gasteiger partial charge in [-0.25, -0.2) is 19.1 Å². The lowest BCUT2D eigenvalue weighted by molar-refractivity contribution is -0.150. The van der Waals surface area contributed by atoms with Gasteiger partial charge in [-0.1, -0.05) is 135 Å². The molecule has 0 saturated carbocycles. The molecule has 5 heterocycles. The first-order chi connectivity index (χ1) is 34.8. The monoisotopic (exact) mass is 996 g/mol. The summed E-state index contributed by atoms with van der Waals surface area (Å²) >= 11 is 0. The number of imidazole rings is 1. The smallest absolute Gasteiger partial charge is 0.349 e. The molecule has 9 rings (SSSR count). The van der Waals surface area contributed by atoms with Gasteiger partial charge in [0.05, 0.1) is 55.9 Å². The van der Waals surface area contributed by atoms with Crippen LogP contribution in [0.5, 0.6) is 0 Å². The molecule has 0 bridgehead atoms. The molecule has 2 aliphatic rings. The number of aromatic nitrogens is 6. The first kappa shape index (κ1) is 50.2. The standard InChI is InChI=1S/C52H57N10O9P/c1-35(2)48(65)56-50-55-47-46(49(66)57-50)53-34-62(47)45-31-60(29-41(32-63)70-45)72(68,58(3)4)69-33-42-28-59(30-44(71-42)61-26-25-40(54-51(61)67)27-43(64)36-17-9-5-10-18-36)52(37-19-11-6-12-20-37,38-21-13-7-14-22-38)39-23-15-8-16-24-39/h5-26,34-35,41-42,44-45,63H,27-33H2,1-4H3,(H2,55,56,57,65,66). The van der Waals surface area contributed by atoms with E-state index >= 15 is 4.57 Å². The average Bonchev–Trinajstić information content (AvgIpc) is 3.84. The Labute approximate surface area is 415 Å². The number of rotatable bonds is 17. The normalized spacial score (nSPS) is 19.9. The molecular formula is C52H57N10O9P. The minimum Gasteiger partial charge on any atom is -0.394 e. The van der Waals surface area contributed by atoms with Gasteiger partial charge >= 0.3 is 13.4 Å². The van der Waals surface area contributed by atoms with Gasteiger partial charge in [-0.3, -0.25) is 43.3 Å². The van der Waals surface area contributed by atoms with Crippen molar-refractivity contribution in [2.45, 2.75) is 50.5 Å². The van der Waals surface area contributed by atoms with Crippen LogP contribution in [-0.4, -0.2) is 126 Å². The number of aliphatic hydroxyl groups excluding tert-OH is 1. The van der Waals surface area contributed by atoms with E-state index in [4.69, 9.17) is 14.0 Å². The zero-order chi connectivity index (χ0) is 50.6. The van der Waals surface area contributed by atoms with E-state index in [0.29, 0.717) is 11.3 Å². The Kier molecular flexibility index (Phi) is 15.0. The highest BCUT2D eigenvalue weighted by Gasteiger charge is 2.48. The number of hydrogen-bond acceptors (Lipinski definition) is 13. The highest BCUT2D eigenvalue weighted by atomic mass is 31.2. The molecule has 19 nitrogen and oxygen atoms in total. The molecule has 3 aromatic heterocycles. The van der Waals surface area contributed by atoms with Crippen molar-refractivity contribution in [1.29, 1.82) is 0 Å². The fraction of sp³-hybridized carbons (Fsp3) is 0.327. The van der Waals surface area contributed by atoms with Crippen LogP contribution >= 0.6 is 7.67 Å². The van der Waals surface area contributed by atoms with Crippen LogP contribution in [-0.2, 0) is 35.3 Å². The summed E-state index contributed by atoms with van der Waals surface area (Å²) in [7, 11) is -0.763. The number of ketones is 1. The lowest BCUT2D eigenvalue weighted by Crippen LogP contribution is -2.58. The van der Waals surface area contributed by atoms with Crippen molar-refractivity contribution in [2.75, 3.05) is 58.8 Å².